The Morgan fingerprint density at radius 2 is 1.94 bits per heavy atom. The predicted molar refractivity (Wildman–Crippen MR) is 67.7 cm³/mol. The lowest BCUT2D eigenvalue weighted by Crippen LogP contribution is -2.24. The third-order valence-electron chi connectivity index (χ3n) is 1.76. The molecule has 0 aliphatic heterocycles. The smallest absolute Gasteiger partial charge is 0.316 e. The van der Waals surface area contributed by atoms with Gasteiger partial charge in [0.1, 0.15) is 5.60 Å². The van der Waals surface area contributed by atoms with Crippen molar-refractivity contribution in [1.29, 1.82) is 5.26 Å². The van der Waals surface area contributed by atoms with Gasteiger partial charge >= 0.3 is 5.97 Å². The van der Waals surface area contributed by atoms with Crippen molar-refractivity contribution >= 4 is 17.7 Å². The fraction of sp³-hybridized carbons (Fsp3) is 0.385. The third kappa shape index (κ3) is 5.41. The molecule has 0 N–H and O–H groups in total. The lowest BCUT2D eigenvalue weighted by molar-refractivity contribution is -0.151. The molecule has 0 amide bonds. The van der Waals surface area contributed by atoms with Crippen molar-refractivity contribution in [3.8, 4) is 6.07 Å². The molecule has 17 heavy (non-hydrogen) atoms. The topological polar surface area (TPSA) is 50.1 Å². The minimum absolute atomic E-state index is 0.230. The molecule has 0 aliphatic carbocycles. The van der Waals surface area contributed by atoms with Crippen molar-refractivity contribution in [2.24, 2.45) is 0 Å². The molecular weight excluding hydrogens is 234 g/mol. The van der Waals surface area contributed by atoms with Crippen LogP contribution in [0.3, 0.4) is 0 Å². The fourth-order valence-corrected chi connectivity index (χ4v) is 1.81. The molecule has 0 saturated heterocycles. The molecule has 0 bridgehead atoms. The van der Waals surface area contributed by atoms with Crippen LogP contribution in [0.25, 0.3) is 0 Å². The molecule has 0 atom stereocenters. The van der Waals surface area contributed by atoms with Gasteiger partial charge in [0.2, 0.25) is 0 Å². The maximum absolute atomic E-state index is 11.5. The number of hydrogen-bond donors (Lipinski definition) is 0. The fourth-order valence-electron chi connectivity index (χ4n) is 1.14. The van der Waals surface area contributed by atoms with Gasteiger partial charge in [0, 0.05) is 4.90 Å². The minimum atomic E-state index is -0.442. The maximum atomic E-state index is 11.5. The summed E-state index contributed by atoms with van der Waals surface area (Å²) in [6.07, 6.45) is 0. The summed E-state index contributed by atoms with van der Waals surface area (Å²) in [6.45, 7) is 5.53. The zero-order chi connectivity index (χ0) is 12.9. The average Bonchev–Trinajstić information content (AvgIpc) is 2.25. The highest BCUT2D eigenvalue weighted by Gasteiger charge is 2.16. The van der Waals surface area contributed by atoms with Crippen molar-refractivity contribution in [3.05, 3.63) is 29.8 Å². The number of rotatable bonds is 3. The molecule has 0 aliphatic rings. The molecule has 0 saturated carbocycles. The molecule has 1 rings (SSSR count). The van der Waals surface area contributed by atoms with Crippen LogP contribution < -0.4 is 0 Å². The molecular formula is C13H15NO2S. The molecule has 4 heteroatoms. The van der Waals surface area contributed by atoms with Gasteiger partial charge in [0.15, 0.2) is 0 Å². The number of nitrogens with zero attached hydrogens (tertiary/aromatic N) is 1. The first-order valence-corrected chi connectivity index (χ1v) is 6.24. The van der Waals surface area contributed by atoms with E-state index in [2.05, 4.69) is 0 Å². The largest absolute Gasteiger partial charge is 0.459 e. The number of hydrogen-bond acceptors (Lipinski definition) is 4. The zero-order valence-corrected chi connectivity index (χ0v) is 11.0. The van der Waals surface area contributed by atoms with Crippen LogP contribution >= 0.6 is 11.8 Å². The summed E-state index contributed by atoms with van der Waals surface area (Å²) in [5.74, 6) is 0.0512. The van der Waals surface area contributed by atoms with Gasteiger partial charge in [-0.05, 0) is 45.0 Å². The van der Waals surface area contributed by atoms with Crippen LogP contribution in [0.4, 0.5) is 0 Å². The van der Waals surface area contributed by atoms with Gasteiger partial charge in [0.25, 0.3) is 0 Å². The molecule has 0 spiro atoms. The van der Waals surface area contributed by atoms with Gasteiger partial charge in [0.05, 0.1) is 17.4 Å². The second-order valence-corrected chi connectivity index (χ2v) is 5.56. The van der Waals surface area contributed by atoms with E-state index in [9.17, 15) is 4.79 Å². The minimum Gasteiger partial charge on any atom is -0.459 e. The number of esters is 1. The highest BCUT2D eigenvalue weighted by molar-refractivity contribution is 8.00. The first-order valence-electron chi connectivity index (χ1n) is 5.25. The number of carbonyl (C=O) groups is 1. The van der Waals surface area contributed by atoms with E-state index in [1.54, 1.807) is 12.1 Å². The summed E-state index contributed by atoms with van der Waals surface area (Å²) in [5, 5.41) is 8.64. The van der Waals surface area contributed by atoms with Crippen LogP contribution in [-0.4, -0.2) is 17.3 Å². The molecule has 0 fully saturated rings. The maximum Gasteiger partial charge on any atom is 0.316 e. The Morgan fingerprint density at radius 3 is 2.41 bits per heavy atom. The van der Waals surface area contributed by atoms with E-state index in [0.29, 0.717) is 5.56 Å². The van der Waals surface area contributed by atoms with Crippen LogP contribution in [0.1, 0.15) is 26.3 Å². The van der Waals surface area contributed by atoms with E-state index in [4.69, 9.17) is 10.00 Å². The van der Waals surface area contributed by atoms with E-state index < -0.39 is 5.60 Å². The number of carbonyl (C=O) groups excluding carboxylic acids is 1. The van der Waals surface area contributed by atoms with Crippen molar-refractivity contribution in [2.45, 2.75) is 31.3 Å². The van der Waals surface area contributed by atoms with E-state index in [0.717, 1.165) is 4.90 Å². The van der Waals surface area contributed by atoms with Crippen molar-refractivity contribution < 1.29 is 9.53 Å². The highest BCUT2D eigenvalue weighted by atomic mass is 32.2. The van der Waals surface area contributed by atoms with Crippen molar-refractivity contribution in [3.63, 3.8) is 0 Å². The molecule has 0 radical (unpaired) electrons. The Hall–Kier alpha value is -1.47. The van der Waals surface area contributed by atoms with Gasteiger partial charge in [-0.2, -0.15) is 5.26 Å². The standard InChI is InChI=1S/C13H15NO2S/c1-13(2,3)16-12(15)9-17-11-6-4-10(8-14)5-7-11/h4-7H,9H2,1-3H3. The molecule has 0 heterocycles. The van der Waals surface area contributed by atoms with Gasteiger partial charge in [-0.15, -0.1) is 11.8 Å². The van der Waals surface area contributed by atoms with E-state index >= 15 is 0 Å². The number of benzene rings is 1. The Morgan fingerprint density at radius 1 is 1.35 bits per heavy atom. The Balaban J connectivity index is 2.45. The number of nitriles is 1. The van der Waals surface area contributed by atoms with Gasteiger partial charge in [-0.3, -0.25) is 4.79 Å². The summed E-state index contributed by atoms with van der Waals surface area (Å²) in [7, 11) is 0. The Kier molecular flexibility index (Phi) is 4.59. The van der Waals surface area contributed by atoms with E-state index in [1.165, 1.54) is 11.8 Å². The van der Waals surface area contributed by atoms with Crippen LogP contribution in [0.15, 0.2) is 29.2 Å². The first kappa shape index (κ1) is 13.6. The second kappa shape index (κ2) is 5.74. The third-order valence-corrected chi connectivity index (χ3v) is 2.75. The summed E-state index contributed by atoms with van der Waals surface area (Å²) in [5.41, 5.74) is 0.175. The van der Waals surface area contributed by atoms with Gasteiger partial charge in [-0.25, -0.2) is 0 Å². The summed E-state index contributed by atoms with van der Waals surface area (Å²) in [4.78, 5) is 12.4. The van der Waals surface area contributed by atoms with Gasteiger partial charge in [-0.1, -0.05) is 0 Å². The van der Waals surface area contributed by atoms with Crippen LogP contribution in [0.2, 0.25) is 0 Å². The molecule has 0 aromatic heterocycles. The summed E-state index contributed by atoms with van der Waals surface area (Å²) < 4.78 is 5.19. The predicted octanol–water partition coefficient (Wildman–Crippen LogP) is 2.99. The average molecular weight is 249 g/mol. The number of ether oxygens (including phenoxy) is 1. The van der Waals surface area contributed by atoms with Crippen molar-refractivity contribution in [1.82, 2.24) is 0 Å². The van der Waals surface area contributed by atoms with E-state index in [-0.39, 0.29) is 11.7 Å². The van der Waals surface area contributed by atoms with Gasteiger partial charge < -0.3 is 4.74 Å². The molecule has 3 nitrogen and oxygen atoms in total. The normalized spacial score (nSPS) is 10.7. The lowest BCUT2D eigenvalue weighted by Gasteiger charge is -2.19. The first-order chi connectivity index (χ1) is 7.90. The highest BCUT2D eigenvalue weighted by Crippen LogP contribution is 2.19. The Bertz CT molecular complexity index is 426. The molecule has 1 aromatic carbocycles. The second-order valence-electron chi connectivity index (χ2n) is 4.51. The monoisotopic (exact) mass is 249 g/mol. The number of thioether (sulfide) groups is 1. The Labute approximate surface area is 106 Å². The van der Waals surface area contributed by atoms with Crippen LogP contribution in [0.5, 0.6) is 0 Å². The summed E-state index contributed by atoms with van der Waals surface area (Å²) >= 11 is 1.40. The molecule has 1 aromatic rings. The summed E-state index contributed by atoms with van der Waals surface area (Å²) in [6, 6.07) is 9.17. The lowest BCUT2D eigenvalue weighted by atomic mass is 10.2. The van der Waals surface area contributed by atoms with Crippen molar-refractivity contribution in [2.75, 3.05) is 5.75 Å². The SMILES string of the molecule is CC(C)(C)OC(=O)CSc1ccc(C#N)cc1. The molecule has 0 unspecified atom stereocenters. The van der Waals surface area contributed by atoms with Crippen LogP contribution in [0, 0.1) is 11.3 Å². The van der Waals surface area contributed by atoms with E-state index in [1.807, 2.05) is 39.0 Å². The molecule has 90 valence electrons. The zero-order valence-electron chi connectivity index (χ0n) is 10.2. The van der Waals surface area contributed by atoms with Crippen LogP contribution in [-0.2, 0) is 9.53 Å². The quantitative estimate of drug-likeness (QED) is 0.610.